The average Bonchev–Trinajstić information content (AvgIpc) is 2.65. The van der Waals surface area contributed by atoms with Gasteiger partial charge in [0.15, 0.2) is 0 Å². The number of nitrogens with zero attached hydrogens (tertiary/aromatic N) is 1. The summed E-state index contributed by atoms with van der Waals surface area (Å²) in [5.41, 5.74) is 0. The molecule has 0 saturated heterocycles. The normalized spacial score (nSPS) is 12.7. The van der Waals surface area contributed by atoms with Crippen molar-refractivity contribution in [1.82, 2.24) is 4.57 Å². The van der Waals surface area contributed by atoms with E-state index in [2.05, 4.69) is 0 Å². The summed E-state index contributed by atoms with van der Waals surface area (Å²) in [6.45, 7) is 0. The fraction of sp³-hybridized carbons (Fsp3) is 0.0909. The van der Waals surface area contributed by atoms with Crippen LogP contribution in [0.2, 0.25) is 0 Å². The number of benzene rings is 1. The highest BCUT2D eigenvalue weighted by Gasteiger charge is 2.07. The second kappa shape index (κ2) is 3.98. The molecule has 0 amide bonds. The summed E-state index contributed by atoms with van der Waals surface area (Å²) < 4.78 is 26.4. The van der Waals surface area contributed by atoms with Crippen molar-refractivity contribution in [3.63, 3.8) is 0 Å². The Morgan fingerprint density at radius 3 is 2.33 bits per heavy atom. The van der Waals surface area contributed by atoms with Crippen molar-refractivity contribution in [1.29, 1.82) is 0 Å². The zero-order chi connectivity index (χ0) is 10.8. The van der Waals surface area contributed by atoms with Gasteiger partial charge in [0, 0.05) is 24.3 Å². The van der Waals surface area contributed by atoms with Crippen LogP contribution in [0.5, 0.6) is 0 Å². The predicted molar refractivity (Wildman–Crippen MR) is 56.5 cm³/mol. The van der Waals surface area contributed by atoms with E-state index in [1.807, 2.05) is 17.8 Å². The minimum Gasteiger partial charge on any atom is -0.356 e. The number of aromatic nitrogens is 1. The van der Waals surface area contributed by atoms with Gasteiger partial charge in [-0.15, -0.1) is 0 Å². The lowest BCUT2D eigenvalue weighted by Crippen LogP contribution is -1.91. The Hall–Kier alpha value is -1.42. The van der Waals surface area contributed by atoms with E-state index in [1.54, 1.807) is 24.4 Å². The molecule has 2 aromatic rings. The maximum atomic E-state index is 12.7. The molecular formula is C11H10FNOS. The molecule has 0 spiro atoms. The second-order valence-electron chi connectivity index (χ2n) is 3.24. The molecule has 1 unspecified atom stereocenters. The van der Waals surface area contributed by atoms with E-state index in [0.29, 0.717) is 4.90 Å². The fourth-order valence-corrected chi connectivity index (χ4v) is 2.38. The van der Waals surface area contributed by atoms with Crippen LogP contribution in [0.25, 0.3) is 0 Å². The molecule has 0 N–H and O–H groups in total. The van der Waals surface area contributed by atoms with Gasteiger partial charge in [-0.1, -0.05) is 0 Å². The smallest absolute Gasteiger partial charge is 0.123 e. The summed E-state index contributed by atoms with van der Waals surface area (Å²) in [5, 5.41) is 0. The number of hydrogen-bond donors (Lipinski definition) is 0. The molecule has 1 aromatic heterocycles. The lowest BCUT2D eigenvalue weighted by atomic mass is 10.4. The lowest BCUT2D eigenvalue weighted by Gasteiger charge is -1.98. The highest BCUT2D eigenvalue weighted by atomic mass is 32.2. The minimum atomic E-state index is -1.22. The lowest BCUT2D eigenvalue weighted by molar-refractivity contribution is 0.626. The maximum Gasteiger partial charge on any atom is 0.123 e. The van der Waals surface area contributed by atoms with E-state index in [0.717, 1.165) is 4.90 Å². The second-order valence-corrected chi connectivity index (χ2v) is 4.72. The van der Waals surface area contributed by atoms with Gasteiger partial charge in [0.05, 0.1) is 15.7 Å². The monoisotopic (exact) mass is 223 g/mol. The summed E-state index contributed by atoms with van der Waals surface area (Å²) in [6.07, 6.45) is 3.62. The predicted octanol–water partition coefficient (Wildman–Crippen LogP) is 2.33. The standard InChI is InChI=1S/C11H10FNOS/c1-13-7-6-11(8-13)15(14)10-4-2-9(12)3-5-10/h2-8H,1H3. The molecule has 2 rings (SSSR count). The molecule has 2 nitrogen and oxygen atoms in total. The number of halogens is 1. The first-order valence-electron chi connectivity index (χ1n) is 4.46. The van der Waals surface area contributed by atoms with Crippen LogP contribution < -0.4 is 0 Å². The summed E-state index contributed by atoms with van der Waals surface area (Å²) in [7, 11) is 0.645. The van der Waals surface area contributed by atoms with Gasteiger partial charge in [0.2, 0.25) is 0 Å². The number of aryl methyl sites for hydroxylation is 1. The first-order chi connectivity index (χ1) is 7.16. The Labute approximate surface area is 89.8 Å². The van der Waals surface area contributed by atoms with Gasteiger partial charge >= 0.3 is 0 Å². The van der Waals surface area contributed by atoms with Crippen LogP contribution in [0.15, 0.2) is 52.5 Å². The number of hydrogen-bond acceptors (Lipinski definition) is 1. The van der Waals surface area contributed by atoms with Gasteiger partial charge in [-0.25, -0.2) is 8.60 Å². The van der Waals surface area contributed by atoms with E-state index in [9.17, 15) is 8.60 Å². The highest BCUT2D eigenvalue weighted by Crippen LogP contribution is 2.16. The summed E-state index contributed by atoms with van der Waals surface area (Å²) in [6, 6.07) is 7.50. The fourth-order valence-electron chi connectivity index (χ4n) is 1.28. The van der Waals surface area contributed by atoms with Gasteiger partial charge in [0.25, 0.3) is 0 Å². The van der Waals surface area contributed by atoms with Crippen molar-refractivity contribution in [3.8, 4) is 0 Å². The first-order valence-corrected chi connectivity index (χ1v) is 5.61. The molecule has 4 heteroatoms. The minimum absolute atomic E-state index is 0.316. The molecule has 0 saturated carbocycles. The molecule has 1 aromatic carbocycles. The van der Waals surface area contributed by atoms with E-state index in [-0.39, 0.29) is 5.82 Å². The maximum absolute atomic E-state index is 12.7. The van der Waals surface area contributed by atoms with Gasteiger partial charge < -0.3 is 4.57 Å². The molecule has 0 aliphatic heterocycles. The van der Waals surface area contributed by atoms with Crippen molar-refractivity contribution in [2.45, 2.75) is 9.79 Å². The van der Waals surface area contributed by atoms with Crippen LogP contribution in [-0.2, 0) is 17.8 Å². The molecule has 15 heavy (non-hydrogen) atoms. The van der Waals surface area contributed by atoms with E-state index >= 15 is 0 Å². The third kappa shape index (κ3) is 2.15. The van der Waals surface area contributed by atoms with E-state index in [1.165, 1.54) is 12.1 Å². The molecule has 0 aliphatic rings. The van der Waals surface area contributed by atoms with Crippen LogP contribution in [0.4, 0.5) is 4.39 Å². The topological polar surface area (TPSA) is 22.0 Å². The molecule has 0 fully saturated rings. The van der Waals surface area contributed by atoms with Crippen molar-refractivity contribution in [2.24, 2.45) is 7.05 Å². The van der Waals surface area contributed by atoms with Crippen LogP contribution in [0, 0.1) is 5.82 Å². The Bertz CT molecular complexity index is 490. The van der Waals surface area contributed by atoms with Crippen molar-refractivity contribution in [3.05, 3.63) is 48.5 Å². The number of rotatable bonds is 2. The van der Waals surface area contributed by atoms with E-state index in [4.69, 9.17) is 0 Å². The quantitative estimate of drug-likeness (QED) is 0.766. The van der Waals surface area contributed by atoms with E-state index < -0.39 is 10.8 Å². The molecule has 0 radical (unpaired) electrons. The Morgan fingerprint density at radius 1 is 1.13 bits per heavy atom. The summed E-state index contributed by atoms with van der Waals surface area (Å²) >= 11 is 0. The average molecular weight is 223 g/mol. The third-order valence-electron chi connectivity index (χ3n) is 2.05. The van der Waals surface area contributed by atoms with Crippen molar-refractivity contribution >= 4 is 10.8 Å². The molecule has 1 heterocycles. The van der Waals surface area contributed by atoms with Gasteiger partial charge in [-0.3, -0.25) is 0 Å². The zero-order valence-corrected chi connectivity index (χ0v) is 9.00. The van der Waals surface area contributed by atoms with Gasteiger partial charge in [-0.2, -0.15) is 0 Å². The van der Waals surface area contributed by atoms with Crippen molar-refractivity contribution in [2.75, 3.05) is 0 Å². The summed E-state index contributed by atoms with van der Waals surface area (Å²) in [4.78, 5) is 1.34. The first kappa shape index (κ1) is 10.1. The SMILES string of the molecule is Cn1ccc(S(=O)c2ccc(F)cc2)c1. The molecule has 78 valence electrons. The molecule has 0 aliphatic carbocycles. The third-order valence-corrected chi connectivity index (χ3v) is 3.42. The Balaban J connectivity index is 2.32. The zero-order valence-electron chi connectivity index (χ0n) is 8.18. The van der Waals surface area contributed by atoms with Crippen LogP contribution >= 0.6 is 0 Å². The Morgan fingerprint density at radius 2 is 1.80 bits per heavy atom. The molecular weight excluding hydrogens is 213 g/mol. The van der Waals surface area contributed by atoms with Gasteiger partial charge in [0.1, 0.15) is 5.82 Å². The van der Waals surface area contributed by atoms with Crippen LogP contribution in [0.3, 0.4) is 0 Å². The largest absolute Gasteiger partial charge is 0.356 e. The molecule has 1 atom stereocenters. The van der Waals surface area contributed by atoms with Crippen molar-refractivity contribution < 1.29 is 8.60 Å². The van der Waals surface area contributed by atoms with Gasteiger partial charge in [-0.05, 0) is 30.3 Å². The van der Waals surface area contributed by atoms with Crippen LogP contribution in [0.1, 0.15) is 0 Å². The molecule has 0 bridgehead atoms. The highest BCUT2D eigenvalue weighted by molar-refractivity contribution is 7.85. The van der Waals surface area contributed by atoms with Crippen LogP contribution in [-0.4, -0.2) is 8.78 Å². The summed E-state index contributed by atoms with van der Waals surface area (Å²) in [5.74, 6) is -0.316. The Kier molecular flexibility index (Phi) is 2.68.